The highest BCUT2D eigenvalue weighted by Crippen LogP contribution is 2.12. The Morgan fingerprint density at radius 2 is 1.95 bits per heavy atom. The smallest absolute Gasteiger partial charge is 0.236 e. The Balaban J connectivity index is 1.46. The third-order valence-corrected chi connectivity index (χ3v) is 4.40. The van der Waals surface area contributed by atoms with Gasteiger partial charge in [0.25, 0.3) is 0 Å². The number of aromatic nitrogens is 1. The molecule has 6 nitrogen and oxygen atoms in total. The summed E-state index contributed by atoms with van der Waals surface area (Å²) >= 11 is 0. The second-order valence-electron chi connectivity index (χ2n) is 5.94. The van der Waals surface area contributed by atoms with Gasteiger partial charge in [0.2, 0.25) is 5.91 Å². The molecule has 0 spiro atoms. The predicted octanol–water partition coefficient (Wildman–Crippen LogP) is 0.0255. The standard InChI is InChI=1S/C16H25N5O/c22-16(21-8-3-5-17-7-9-21)14-19-10-12-20(13-11-19)15-4-1-2-6-18-15/h1-2,4,6,17H,3,5,7-14H2. The molecule has 2 aliphatic heterocycles. The van der Waals surface area contributed by atoms with Crippen LogP contribution in [0.15, 0.2) is 24.4 Å². The Hall–Kier alpha value is -1.66. The Morgan fingerprint density at radius 1 is 1.09 bits per heavy atom. The summed E-state index contributed by atoms with van der Waals surface area (Å²) < 4.78 is 0. The summed E-state index contributed by atoms with van der Waals surface area (Å²) in [5.74, 6) is 1.31. The molecule has 3 heterocycles. The van der Waals surface area contributed by atoms with Gasteiger partial charge in [-0.15, -0.1) is 0 Å². The molecular weight excluding hydrogens is 278 g/mol. The van der Waals surface area contributed by atoms with Crippen molar-refractivity contribution < 1.29 is 4.79 Å². The minimum absolute atomic E-state index is 0.273. The maximum Gasteiger partial charge on any atom is 0.236 e. The molecule has 0 bridgehead atoms. The quantitative estimate of drug-likeness (QED) is 0.853. The zero-order chi connectivity index (χ0) is 15.2. The van der Waals surface area contributed by atoms with Gasteiger partial charge in [-0.1, -0.05) is 6.07 Å². The maximum atomic E-state index is 12.4. The van der Waals surface area contributed by atoms with Crippen LogP contribution in [0.2, 0.25) is 0 Å². The summed E-state index contributed by atoms with van der Waals surface area (Å²) in [4.78, 5) is 23.4. The van der Waals surface area contributed by atoms with Crippen molar-refractivity contribution in [1.82, 2.24) is 20.1 Å². The Labute approximate surface area is 132 Å². The summed E-state index contributed by atoms with van der Waals surface area (Å²) in [5, 5.41) is 3.34. The predicted molar refractivity (Wildman–Crippen MR) is 87.0 cm³/mol. The van der Waals surface area contributed by atoms with E-state index < -0.39 is 0 Å². The van der Waals surface area contributed by atoms with Gasteiger partial charge >= 0.3 is 0 Å². The molecule has 0 saturated carbocycles. The lowest BCUT2D eigenvalue weighted by Crippen LogP contribution is -2.50. The highest BCUT2D eigenvalue weighted by molar-refractivity contribution is 5.78. The van der Waals surface area contributed by atoms with Gasteiger partial charge in [-0.25, -0.2) is 4.98 Å². The fourth-order valence-electron chi connectivity index (χ4n) is 3.06. The van der Waals surface area contributed by atoms with E-state index in [2.05, 4.69) is 20.1 Å². The number of pyridine rings is 1. The number of carbonyl (C=O) groups is 1. The highest BCUT2D eigenvalue weighted by Gasteiger charge is 2.22. The van der Waals surface area contributed by atoms with Crippen LogP contribution in [0.5, 0.6) is 0 Å². The van der Waals surface area contributed by atoms with Crippen molar-refractivity contribution in [2.24, 2.45) is 0 Å². The monoisotopic (exact) mass is 303 g/mol. The first-order valence-corrected chi connectivity index (χ1v) is 8.20. The van der Waals surface area contributed by atoms with Crippen LogP contribution in [0.1, 0.15) is 6.42 Å². The first-order chi connectivity index (χ1) is 10.8. The number of hydrogen-bond acceptors (Lipinski definition) is 5. The van der Waals surface area contributed by atoms with Crippen LogP contribution < -0.4 is 10.2 Å². The van der Waals surface area contributed by atoms with E-state index >= 15 is 0 Å². The molecule has 2 aliphatic rings. The first-order valence-electron chi connectivity index (χ1n) is 8.20. The number of hydrogen-bond donors (Lipinski definition) is 1. The van der Waals surface area contributed by atoms with E-state index in [1.807, 2.05) is 29.3 Å². The summed E-state index contributed by atoms with van der Waals surface area (Å²) in [6, 6.07) is 6.01. The van der Waals surface area contributed by atoms with Crippen LogP contribution in [0.3, 0.4) is 0 Å². The number of nitrogens with zero attached hydrogens (tertiary/aromatic N) is 4. The third-order valence-electron chi connectivity index (χ3n) is 4.40. The molecule has 0 aliphatic carbocycles. The average molecular weight is 303 g/mol. The van der Waals surface area contributed by atoms with E-state index in [0.717, 1.165) is 64.6 Å². The van der Waals surface area contributed by atoms with Gasteiger partial charge in [0, 0.05) is 52.0 Å². The number of amides is 1. The van der Waals surface area contributed by atoms with Crippen LogP contribution >= 0.6 is 0 Å². The fourth-order valence-corrected chi connectivity index (χ4v) is 3.06. The summed E-state index contributed by atoms with van der Waals surface area (Å²) in [7, 11) is 0. The van der Waals surface area contributed by atoms with Crippen LogP contribution in [-0.4, -0.2) is 79.6 Å². The lowest BCUT2D eigenvalue weighted by atomic mass is 10.3. The highest BCUT2D eigenvalue weighted by atomic mass is 16.2. The molecule has 1 aromatic heterocycles. The molecule has 1 aromatic rings. The fraction of sp³-hybridized carbons (Fsp3) is 0.625. The maximum absolute atomic E-state index is 12.4. The Morgan fingerprint density at radius 3 is 2.73 bits per heavy atom. The number of rotatable bonds is 3. The second-order valence-corrected chi connectivity index (χ2v) is 5.94. The van der Waals surface area contributed by atoms with Crippen molar-refractivity contribution in [3.63, 3.8) is 0 Å². The van der Waals surface area contributed by atoms with Crippen LogP contribution in [0.25, 0.3) is 0 Å². The minimum Gasteiger partial charge on any atom is -0.354 e. The van der Waals surface area contributed by atoms with Gasteiger partial charge in [0.1, 0.15) is 5.82 Å². The van der Waals surface area contributed by atoms with Gasteiger partial charge in [-0.2, -0.15) is 0 Å². The zero-order valence-electron chi connectivity index (χ0n) is 13.1. The molecule has 1 N–H and O–H groups in total. The van der Waals surface area contributed by atoms with E-state index in [1.54, 1.807) is 0 Å². The molecule has 1 amide bonds. The molecule has 2 saturated heterocycles. The van der Waals surface area contributed by atoms with E-state index in [0.29, 0.717) is 6.54 Å². The third kappa shape index (κ3) is 3.96. The van der Waals surface area contributed by atoms with Crippen molar-refractivity contribution in [2.45, 2.75) is 6.42 Å². The van der Waals surface area contributed by atoms with Gasteiger partial charge in [0.15, 0.2) is 0 Å². The van der Waals surface area contributed by atoms with E-state index in [9.17, 15) is 4.79 Å². The number of nitrogens with one attached hydrogen (secondary N) is 1. The summed E-state index contributed by atoms with van der Waals surface area (Å²) in [5.41, 5.74) is 0. The van der Waals surface area contributed by atoms with Crippen molar-refractivity contribution >= 4 is 11.7 Å². The van der Waals surface area contributed by atoms with Gasteiger partial charge < -0.3 is 15.1 Å². The molecule has 3 rings (SSSR count). The SMILES string of the molecule is O=C(CN1CCN(c2ccccn2)CC1)N1CCCNCC1. The molecule has 2 fully saturated rings. The zero-order valence-corrected chi connectivity index (χ0v) is 13.1. The van der Waals surface area contributed by atoms with Crippen molar-refractivity contribution in [1.29, 1.82) is 0 Å². The summed E-state index contributed by atoms with van der Waals surface area (Å²) in [6.45, 7) is 7.94. The van der Waals surface area contributed by atoms with Gasteiger partial charge in [-0.3, -0.25) is 9.69 Å². The van der Waals surface area contributed by atoms with E-state index in [1.165, 1.54) is 0 Å². The average Bonchev–Trinajstić information content (AvgIpc) is 2.86. The Kier molecular flexibility index (Phi) is 5.24. The largest absolute Gasteiger partial charge is 0.354 e. The van der Waals surface area contributed by atoms with Crippen molar-refractivity contribution in [3.05, 3.63) is 24.4 Å². The molecule has 0 atom stereocenters. The lowest BCUT2D eigenvalue weighted by molar-refractivity contribution is -0.132. The molecule has 0 unspecified atom stereocenters. The van der Waals surface area contributed by atoms with Crippen LogP contribution in [0, 0.1) is 0 Å². The van der Waals surface area contributed by atoms with Gasteiger partial charge in [0.05, 0.1) is 6.54 Å². The van der Waals surface area contributed by atoms with Crippen LogP contribution in [-0.2, 0) is 4.79 Å². The second kappa shape index (κ2) is 7.56. The molecule has 0 aromatic carbocycles. The van der Waals surface area contributed by atoms with Gasteiger partial charge in [-0.05, 0) is 25.1 Å². The first kappa shape index (κ1) is 15.2. The molecule has 22 heavy (non-hydrogen) atoms. The van der Waals surface area contributed by atoms with E-state index in [-0.39, 0.29) is 5.91 Å². The van der Waals surface area contributed by atoms with Crippen LogP contribution in [0.4, 0.5) is 5.82 Å². The lowest BCUT2D eigenvalue weighted by Gasteiger charge is -2.35. The minimum atomic E-state index is 0.273. The van der Waals surface area contributed by atoms with Crippen molar-refractivity contribution in [2.75, 3.05) is 63.8 Å². The van der Waals surface area contributed by atoms with Crippen molar-refractivity contribution in [3.8, 4) is 0 Å². The molecular formula is C16H25N5O. The molecule has 0 radical (unpaired) electrons. The molecule has 6 heteroatoms. The topological polar surface area (TPSA) is 51.7 Å². The number of piperazine rings is 1. The normalized spacial score (nSPS) is 20.7. The van der Waals surface area contributed by atoms with E-state index in [4.69, 9.17) is 0 Å². The number of carbonyl (C=O) groups excluding carboxylic acids is 1. The summed E-state index contributed by atoms with van der Waals surface area (Å²) in [6.07, 6.45) is 2.89. The Bertz CT molecular complexity index is 465. The molecule has 120 valence electrons. The number of anilines is 1.